The predicted molar refractivity (Wildman–Crippen MR) is 135 cm³/mol. The molecule has 1 amide bonds. The van der Waals surface area contributed by atoms with Crippen molar-refractivity contribution < 1.29 is 28.2 Å². The number of hydrogen-bond donors (Lipinski definition) is 0. The highest BCUT2D eigenvalue weighted by Gasteiger charge is 2.56. The van der Waals surface area contributed by atoms with Gasteiger partial charge in [0.05, 0.1) is 27.4 Å². The van der Waals surface area contributed by atoms with Gasteiger partial charge in [0, 0.05) is 38.5 Å². The third kappa shape index (κ3) is 5.78. The molecule has 192 valence electrons. The summed E-state index contributed by atoms with van der Waals surface area (Å²) in [7, 11) is 1.40. The van der Waals surface area contributed by atoms with Crippen LogP contribution in [0.15, 0.2) is 18.2 Å². The summed E-state index contributed by atoms with van der Waals surface area (Å²) < 4.78 is 29.6. The number of hydrogen-bond acceptors (Lipinski definition) is 6. The van der Waals surface area contributed by atoms with Gasteiger partial charge in [-0.1, -0.05) is 26.8 Å². The number of nitrogens with zero attached hydrogens (tertiary/aromatic N) is 1. The van der Waals surface area contributed by atoms with E-state index < -0.39 is 14.0 Å². The third-order valence-electron chi connectivity index (χ3n) is 7.75. The van der Waals surface area contributed by atoms with E-state index in [1.165, 1.54) is 0 Å². The molecule has 0 saturated carbocycles. The fraction of sp³-hybridized carbons (Fsp3) is 0.731. The van der Waals surface area contributed by atoms with E-state index in [-0.39, 0.29) is 16.9 Å². The number of ether oxygens (including phenoxy) is 4. The molecule has 8 heteroatoms. The first-order chi connectivity index (χ1) is 16.0. The van der Waals surface area contributed by atoms with Crippen LogP contribution in [0.4, 0.5) is 0 Å². The third-order valence-corrected chi connectivity index (χ3v) is 12.2. The molecule has 3 rings (SSSR count). The molecule has 7 nitrogen and oxygen atoms in total. The average molecular weight is 494 g/mol. The summed E-state index contributed by atoms with van der Waals surface area (Å²) >= 11 is 0. The lowest BCUT2D eigenvalue weighted by atomic mass is 9.95. The molecule has 0 aliphatic carbocycles. The SMILES string of the molecule is COc1ccc(COCCCO[C@]23CCC(=O)N2CC[C@H]3CO[Si](C)(C)C(C)(C)C)cc1OC. The molecule has 2 saturated heterocycles. The smallest absolute Gasteiger partial charge is 0.225 e. The topological polar surface area (TPSA) is 66.5 Å². The molecule has 0 aromatic heterocycles. The number of carbonyl (C=O) groups is 1. The lowest BCUT2D eigenvalue weighted by Crippen LogP contribution is -2.50. The average Bonchev–Trinajstić information content (AvgIpc) is 3.31. The van der Waals surface area contributed by atoms with Gasteiger partial charge in [0.1, 0.15) is 5.72 Å². The molecule has 0 unspecified atom stereocenters. The van der Waals surface area contributed by atoms with Crippen LogP contribution >= 0.6 is 0 Å². The van der Waals surface area contributed by atoms with Crippen molar-refractivity contribution in [3.8, 4) is 11.5 Å². The monoisotopic (exact) mass is 493 g/mol. The zero-order valence-electron chi connectivity index (χ0n) is 22.1. The first-order valence-electron chi connectivity index (χ1n) is 12.4. The first kappa shape index (κ1) is 27.0. The molecule has 1 aromatic rings. The molecular weight excluding hydrogens is 450 g/mol. The van der Waals surface area contributed by atoms with Crippen molar-refractivity contribution in [1.29, 1.82) is 0 Å². The van der Waals surface area contributed by atoms with Crippen molar-refractivity contribution in [2.75, 3.05) is 40.6 Å². The Labute approximate surface area is 206 Å². The van der Waals surface area contributed by atoms with E-state index in [9.17, 15) is 4.79 Å². The van der Waals surface area contributed by atoms with Gasteiger partial charge < -0.3 is 28.3 Å². The summed E-state index contributed by atoms with van der Waals surface area (Å²) in [6.07, 6.45) is 3.03. The normalized spacial score (nSPS) is 22.9. The minimum absolute atomic E-state index is 0.163. The Balaban J connectivity index is 1.50. The van der Waals surface area contributed by atoms with Crippen molar-refractivity contribution >= 4 is 14.2 Å². The largest absolute Gasteiger partial charge is 0.493 e. The number of rotatable bonds is 12. The number of benzene rings is 1. The molecule has 2 aliphatic heterocycles. The second-order valence-electron chi connectivity index (χ2n) is 10.9. The Bertz CT molecular complexity index is 839. The minimum atomic E-state index is -1.86. The molecule has 0 bridgehead atoms. The lowest BCUT2D eigenvalue weighted by molar-refractivity contribution is -0.165. The molecule has 0 N–H and O–H groups in total. The van der Waals surface area contributed by atoms with Crippen LogP contribution in [0.25, 0.3) is 0 Å². The molecular formula is C26H43NO6Si. The van der Waals surface area contributed by atoms with Gasteiger partial charge in [-0.3, -0.25) is 4.79 Å². The molecule has 34 heavy (non-hydrogen) atoms. The Morgan fingerprint density at radius 3 is 2.53 bits per heavy atom. The summed E-state index contributed by atoms with van der Waals surface area (Å²) in [5, 5.41) is 0.163. The van der Waals surface area contributed by atoms with Crippen LogP contribution in [0, 0.1) is 5.92 Å². The fourth-order valence-electron chi connectivity index (χ4n) is 4.59. The first-order valence-corrected chi connectivity index (χ1v) is 15.3. The Kier molecular flexibility index (Phi) is 8.71. The molecule has 2 heterocycles. The van der Waals surface area contributed by atoms with Crippen molar-refractivity contribution in [3.05, 3.63) is 23.8 Å². The number of fused-ring (bicyclic) bond motifs is 1. The maximum Gasteiger partial charge on any atom is 0.225 e. The van der Waals surface area contributed by atoms with Crippen molar-refractivity contribution in [1.82, 2.24) is 4.90 Å². The van der Waals surface area contributed by atoms with Gasteiger partial charge in [-0.2, -0.15) is 0 Å². The molecule has 2 atom stereocenters. The van der Waals surface area contributed by atoms with Gasteiger partial charge in [-0.15, -0.1) is 0 Å². The van der Waals surface area contributed by atoms with Crippen LogP contribution in [0.5, 0.6) is 11.5 Å². The maximum atomic E-state index is 12.5. The number of amides is 1. The van der Waals surface area contributed by atoms with Crippen molar-refractivity contribution in [3.63, 3.8) is 0 Å². The van der Waals surface area contributed by atoms with Gasteiger partial charge in [-0.05, 0) is 48.7 Å². The molecule has 2 fully saturated rings. The minimum Gasteiger partial charge on any atom is -0.493 e. The van der Waals surface area contributed by atoms with E-state index in [1.807, 2.05) is 23.1 Å². The van der Waals surface area contributed by atoms with Crippen LogP contribution in [0.1, 0.15) is 52.0 Å². The highest BCUT2D eigenvalue weighted by molar-refractivity contribution is 6.74. The fourth-order valence-corrected chi connectivity index (χ4v) is 5.64. The van der Waals surface area contributed by atoms with Gasteiger partial charge >= 0.3 is 0 Å². The van der Waals surface area contributed by atoms with Crippen LogP contribution in [0.2, 0.25) is 18.1 Å². The van der Waals surface area contributed by atoms with Crippen LogP contribution in [-0.2, 0) is 25.3 Å². The maximum absolute atomic E-state index is 12.5. The molecule has 1 aromatic carbocycles. The predicted octanol–water partition coefficient (Wildman–Crippen LogP) is 4.99. The highest BCUT2D eigenvalue weighted by atomic mass is 28.4. The Morgan fingerprint density at radius 2 is 1.85 bits per heavy atom. The van der Waals surface area contributed by atoms with Crippen LogP contribution < -0.4 is 9.47 Å². The van der Waals surface area contributed by atoms with Gasteiger partial charge in [0.25, 0.3) is 0 Å². The summed E-state index contributed by atoms with van der Waals surface area (Å²) in [5.41, 5.74) is 0.520. The van der Waals surface area contributed by atoms with Gasteiger partial charge in [0.15, 0.2) is 19.8 Å². The lowest BCUT2D eigenvalue weighted by Gasteiger charge is -2.41. The quantitative estimate of drug-likeness (QED) is 0.302. The summed E-state index contributed by atoms with van der Waals surface area (Å²) in [6.45, 7) is 14.4. The summed E-state index contributed by atoms with van der Waals surface area (Å²) in [4.78, 5) is 14.5. The second-order valence-corrected chi connectivity index (χ2v) is 15.7. The van der Waals surface area contributed by atoms with Crippen LogP contribution in [0.3, 0.4) is 0 Å². The van der Waals surface area contributed by atoms with E-state index >= 15 is 0 Å². The molecule has 0 spiro atoms. The van der Waals surface area contributed by atoms with Crippen molar-refractivity contribution in [2.24, 2.45) is 5.92 Å². The number of methoxy groups -OCH3 is 2. The van der Waals surface area contributed by atoms with E-state index in [2.05, 4.69) is 33.9 Å². The molecule has 2 aliphatic rings. The van der Waals surface area contributed by atoms with Gasteiger partial charge in [-0.25, -0.2) is 0 Å². The Hall–Kier alpha value is -1.61. The van der Waals surface area contributed by atoms with Gasteiger partial charge in [0.2, 0.25) is 5.91 Å². The van der Waals surface area contributed by atoms with E-state index in [4.69, 9.17) is 23.4 Å². The molecule has 0 radical (unpaired) electrons. The summed E-state index contributed by atoms with van der Waals surface area (Å²) in [6, 6.07) is 5.80. The number of carbonyl (C=O) groups excluding carboxylic acids is 1. The van der Waals surface area contributed by atoms with E-state index in [1.54, 1.807) is 14.2 Å². The zero-order valence-corrected chi connectivity index (χ0v) is 23.1. The zero-order chi connectivity index (χ0) is 25.0. The van der Waals surface area contributed by atoms with Crippen LogP contribution in [-0.4, -0.2) is 65.4 Å². The van der Waals surface area contributed by atoms with E-state index in [0.717, 1.165) is 31.4 Å². The highest BCUT2D eigenvalue weighted by Crippen LogP contribution is 2.46. The Morgan fingerprint density at radius 1 is 1.12 bits per heavy atom. The second kappa shape index (κ2) is 11.0. The standard InChI is InChI=1S/C26H43NO6Si/c1-25(2,3)34(6,7)33-19-21-12-14-27-24(28)11-13-26(21,27)32-16-8-15-31-18-20-9-10-22(29-4)23(17-20)30-5/h9-10,17,21H,8,11-16,18-19H2,1-7H3/t21-,26-/m0/s1. The van der Waals surface area contributed by atoms with E-state index in [0.29, 0.717) is 44.3 Å². The summed E-state index contributed by atoms with van der Waals surface area (Å²) in [5.74, 6) is 1.84. The van der Waals surface area contributed by atoms with Crippen molar-refractivity contribution in [2.45, 2.75) is 76.9 Å².